The number of nitrogens with one attached hydrogen (secondary N) is 1. The van der Waals surface area contributed by atoms with Crippen LogP contribution in [0.2, 0.25) is 0 Å². The molecule has 3 rings (SSSR count). The van der Waals surface area contributed by atoms with Gasteiger partial charge in [0.05, 0.1) is 12.1 Å². The number of carbonyl (C=O) groups is 2. The summed E-state index contributed by atoms with van der Waals surface area (Å²) in [5.74, 6) is 0.745. The Labute approximate surface area is 139 Å². The van der Waals surface area contributed by atoms with Crippen LogP contribution in [0.4, 0.5) is 5.95 Å². The van der Waals surface area contributed by atoms with E-state index in [1.165, 1.54) is 0 Å². The molecular weight excluding hydrogens is 308 g/mol. The number of aromatic nitrogens is 2. The van der Waals surface area contributed by atoms with Crippen LogP contribution in [-0.4, -0.2) is 35.9 Å². The number of imide groups is 1. The van der Waals surface area contributed by atoms with E-state index in [1.54, 1.807) is 17.0 Å². The zero-order valence-corrected chi connectivity index (χ0v) is 13.3. The molecule has 1 saturated heterocycles. The highest BCUT2D eigenvalue weighted by Crippen LogP contribution is 2.23. The smallest absolute Gasteiger partial charge is 0.254 e. The first-order chi connectivity index (χ1) is 11.5. The monoisotopic (exact) mass is 324 g/mol. The van der Waals surface area contributed by atoms with Crippen molar-refractivity contribution in [2.45, 2.75) is 6.42 Å². The summed E-state index contributed by atoms with van der Waals surface area (Å²) < 4.78 is 5.75. The highest BCUT2D eigenvalue weighted by Gasteiger charge is 2.24. The number of hydrogen-bond donors (Lipinski definition) is 1. The number of benzene rings is 1. The summed E-state index contributed by atoms with van der Waals surface area (Å²) >= 11 is 0. The van der Waals surface area contributed by atoms with Gasteiger partial charge in [0.2, 0.25) is 17.7 Å². The van der Waals surface area contributed by atoms with E-state index >= 15 is 0 Å². The van der Waals surface area contributed by atoms with Crippen LogP contribution in [0.1, 0.15) is 12.1 Å². The maximum absolute atomic E-state index is 11.7. The fraction of sp³-hybridized carbons (Fsp3) is 0.176. The first-order valence-corrected chi connectivity index (χ1v) is 7.35. The molecule has 2 heterocycles. The molecule has 1 N–H and O–H groups in total. The van der Waals surface area contributed by atoms with Gasteiger partial charge in [-0.3, -0.25) is 14.9 Å². The van der Waals surface area contributed by atoms with Crippen molar-refractivity contribution < 1.29 is 14.3 Å². The largest absolute Gasteiger partial charge is 0.439 e. The maximum atomic E-state index is 11.7. The average molecular weight is 324 g/mol. The van der Waals surface area contributed by atoms with Crippen LogP contribution < -0.4 is 15.0 Å². The van der Waals surface area contributed by atoms with Crippen LogP contribution in [-0.2, 0) is 9.59 Å². The van der Waals surface area contributed by atoms with E-state index in [1.807, 2.05) is 44.4 Å². The van der Waals surface area contributed by atoms with Gasteiger partial charge in [0.15, 0.2) is 0 Å². The van der Waals surface area contributed by atoms with Crippen LogP contribution in [0.3, 0.4) is 0 Å². The van der Waals surface area contributed by atoms with Crippen molar-refractivity contribution in [3.05, 3.63) is 47.7 Å². The minimum atomic E-state index is -0.393. The molecule has 0 saturated carbocycles. The zero-order chi connectivity index (χ0) is 17.1. The van der Waals surface area contributed by atoms with E-state index in [2.05, 4.69) is 15.3 Å². The van der Waals surface area contributed by atoms with Gasteiger partial charge in [0, 0.05) is 25.7 Å². The van der Waals surface area contributed by atoms with Gasteiger partial charge in [-0.2, -0.15) is 4.98 Å². The molecule has 24 heavy (non-hydrogen) atoms. The summed E-state index contributed by atoms with van der Waals surface area (Å²) in [4.78, 5) is 33.4. The number of ether oxygens (including phenoxy) is 1. The summed E-state index contributed by atoms with van der Waals surface area (Å²) in [6.45, 7) is 0. The fourth-order valence-corrected chi connectivity index (χ4v) is 2.17. The topological polar surface area (TPSA) is 84.4 Å². The van der Waals surface area contributed by atoms with E-state index < -0.39 is 5.91 Å². The fourth-order valence-electron chi connectivity index (χ4n) is 2.17. The molecule has 2 amide bonds. The number of carbonyl (C=O) groups excluding carboxylic acids is 2. The minimum absolute atomic E-state index is 0.0506. The second kappa shape index (κ2) is 6.49. The molecule has 0 bridgehead atoms. The summed E-state index contributed by atoms with van der Waals surface area (Å²) in [7, 11) is 3.62. The molecule has 1 aliphatic heterocycles. The molecule has 0 aliphatic carbocycles. The molecule has 7 heteroatoms. The highest BCUT2D eigenvalue weighted by atomic mass is 16.5. The molecule has 0 spiro atoms. The van der Waals surface area contributed by atoms with Crippen LogP contribution in [0.25, 0.3) is 6.08 Å². The first-order valence-electron chi connectivity index (χ1n) is 7.35. The molecule has 122 valence electrons. The van der Waals surface area contributed by atoms with Crippen molar-refractivity contribution in [3.63, 3.8) is 0 Å². The predicted molar refractivity (Wildman–Crippen MR) is 88.6 cm³/mol. The zero-order valence-electron chi connectivity index (χ0n) is 13.3. The molecule has 0 unspecified atom stereocenters. The van der Waals surface area contributed by atoms with Gasteiger partial charge < -0.3 is 9.64 Å². The second-order valence-electron chi connectivity index (χ2n) is 5.46. The first kappa shape index (κ1) is 15.7. The van der Waals surface area contributed by atoms with Gasteiger partial charge in [0.25, 0.3) is 5.91 Å². The minimum Gasteiger partial charge on any atom is -0.439 e. The van der Waals surface area contributed by atoms with E-state index in [0.717, 1.165) is 0 Å². The summed E-state index contributed by atoms with van der Waals surface area (Å²) in [6.07, 6.45) is 1.63. The Morgan fingerprint density at radius 3 is 2.54 bits per heavy atom. The van der Waals surface area contributed by atoms with Gasteiger partial charge >= 0.3 is 0 Å². The van der Waals surface area contributed by atoms with Crippen LogP contribution >= 0.6 is 0 Å². The van der Waals surface area contributed by atoms with E-state index in [0.29, 0.717) is 28.8 Å². The Bertz CT molecular complexity index is 816. The van der Waals surface area contributed by atoms with Gasteiger partial charge in [-0.1, -0.05) is 18.2 Å². The third-order valence-electron chi connectivity index (χ3n) is 3.29. The van der Waals surface area contributed by atoms with Crippen molar-refractivity contribution in [1.29, 1.82) is 0 Å². The molecule has 1 aliphatic rings. The lowest BCUT2D eigenvalue weighted by Gasteiger charge is -2.13. The quantitative estimate of drug-likeness (QED) is 0.681. The van der Waals surface area contributed by atoms with Crippen molar-refractivity contribution in [3.8, 4) is 11.6 Å². The number of amides is 2. The van der Waals surface area contributed by atoms with Crippen molar-refractivity contribution in [1.82, 2.24) is 15.3 Å². The number of nitrogens with zero attached hydrogens (tertiary/aromatic N) is 3. The third-order valence-corrected chi connectivity index (χ3v) is 3.29. The van der Waals surface area contributed by atoms with Crippen molar-refractivity contribution in [2.24, 2.45) is 0 Å². The summed E-state index contributed by atoms with van der Waals surface area (Å²) in [5, 5.41) is 2.25. The normalized spacial score (nSPS) is 15.5. The number of hydrogen-bond acceptors (Lipinski definition) is 6. The Hall–Kier alpha value is -3.22. The Kier molecular flexibility index (Phi) is 4.24. The van der Waals surface area contributed by atoms with Crippen LogP contribution in [0.5, 0.6) is 11.6 Å². The third kappa shape index (κ3) is 3.57. The van der Waals surface area contributed by atoms with Crippen LogP contribution in [0.15, 0.2) is 42.0 Å². The maximum Gasteiger partial charge on any atom is 0.254 e. The molecule has 0 atom stereocenters. The number of para-hydroxylation sites is 1. The van der Waals surface area contributed by atoms with Gasteiger partial charge in [-0.15, -0.1) is 0 Å². The van der Waals surface area contributed by atoms with Gasteiger partial charge in [-0.25, -0.2) is 4.98 Å². The average Bonchev–Trinajstić information content (AvgIpc) is 2.85. The van der Waals surface area contributed by atoms with E-state index in [4.69, 9.17) is 4.74 Å². The van der Waals surface area contributed by atoms with Crippen molar-refractivity contribution in [2.75, 3.05) is 19.0 Å². The molecule has 1 fully saturated rings. The highest BCUT2D eigenvalue weighted by molar-refractivity contribution is 6.15. The summed E-state index contributed by atoms with van der Waals surface area (Å²) in [6, 6.07) is 10.9. The van der Waals surface area contributed by atoms with E-state index in [-0.39, 0.29) is 12.3 Å². The Morgan fingerprint density at radius 1 is 1.17 bits per heavy atom. The van der Waals surface area contributed by atoms with E-state index in [9.17, 15) is 9.59 Å². The van der Waals surface area contributed by atoms with Crippen molar-refractivity contribution >= 4 is 23.8 Å². The SMILES string of the molecule is CN(C)c1nc(/C=C2\CC(=O)NC2=O)cc(Oc2ccccc2)n1. The predicted octanol–water partition coefficient (Wildman–Crippen LogP) is 1.76. The Morgan fingerprint density at radius 2 is 1.92 bits per heavy atom. The lowest BCUT2D eigenvalue weighted by molar-refractivity contribution is -0.124. The number of rotatable bonds is 4. The van der Waals surface area contributed by atoms with Gasteiger partial charge in [0.1, 0.15) is 5.75 Å². The standard InChI is InChI=1S/C17H16N4O3/c1-21(2)17-18-12(8-11-9-14(22)19-16(11)23)10-15(20-17)24-13-6-4-3-5-7-13/h3-8,10H,9H2,1-2H3,(H,19,22,23)/b11-8+. The molecule has 0 radical (unpaired) electrons. The number of anilines is 1. The second-order valence-corrected chi connectivity index (χ2v) is 5.46. The lowest BCUT2D eigenvalue weighted by atomic mass is 10.2. The molecule has 1 aromatic carbocycles. The molecule has 2 aromatic rings. The molecule has 1 aromatic heterocycles. The lowest BCUT2D eigenvalue weighted by Crippen LogP contribution is -2.19. The summed E-state index contributed by atoms with van der Waals surface area (Å²) in [5.41, 5.74) is 0.869. The molecule has 7 nitrogen and oxygen atoms in total. The Balaban J connectivity index is 1.96. The van der Waals surface area contributed by atoms with Crippen LogP contribution in [0, 0.1) is 0 Å². The molecular formula is C17H16N4O3. The van der Waals surface area contributed by atoms with Gasteiger partial charge in [-0.05, 0) is 18.2 Å².